The smallest absolute Gasteiger partial charge is 0.271 e. The van der Waals surface area contributed by atoms with Crippen LogP contribution >= 0.6 is 11.6 Å². The lowest BCUT2D eigenvalue weighted by Crippen LogP contribution is -2.29. The Morgan fingerprint density at radius 2 is 2.30 bits per heavy atom. The van der Waals surface area contributed by atoms with Crippen LogP contribution in [0.1, 0.15) is 22.2 Å². The second-order valence-electron chi connectivity index (χ2n) is 4.08. The van der Waals surface area contributed by atoms with E-state index in [0.29, 0.717) is 11.6 Å². The molecular formula is C14H14ClN3O2. The number of nitrogens with zero attached hydrogens (tertiary/aromatic N) is 2. The van der Waals surface area contributed by atoms with Crippen LogP contribution in [0.2, 0.25) is 5.02 Å². The van der Waals surface area contributed by atoms with Crippen LogP contribution in [0.3, 0.4) is 0 Å². The zero-order valence-electron chi connectivity index (χ0n) is 10.9. The molecule has 1 aromatic heterocycles. The molecule has 0 spiro atoms. The van der Waals surface area contributed by atoms with Crippen molar-refractivity contribution in [3.05, 3.63) is 59.1 Å². The molecule has 0 fully saturated rings. The highest BCUT2D eigenvalue weighted by molar-refractivity contribution is 6.30. The van der Waals surface area contributed by atoms with Crippen molar-refractivity contribution >= 4 is 17.5 Å². The molecule has 6 heteroatoms. The number of aromatic nitrogens is 2. The van der Waals surface area contributed by atoms with E-state index < -0.39 is 0 Å². The molecule has 0 radical (unpaired) electrons. The van der Waals surface area contributed by atoms with E-state index in [1.807, 2.05) is 18.2 Å². The van der Waals surface area contributed by atoms with Gasteiger partial charge in [0.2, 0.25) is 0 Å². The summed E-state index contributed by atoms with van der Waals surface area (Å²) in [5.74, 6) is -0.290. The number of hydrogen-bond acceptors (Lipinski definition) is 4. The van der Waals surface area contributed by atoms with Gasteiger partial charge >= 0.3 is 0 Å². The Balaban J connectivity index is 1.99. The summed E-state index contributed by atoms with van der Waals surface area (Å²) in [7, 11) is 1.58. The quantitative estimate of drug-likeness (QED) is 0.918. The molecule has 20 heavy (non-hydrogen) atoms. The van der Waals surface area contributed by atoms with Crippen molar-refractivity contribution in [1.82, 2.24) is 15.3 Å². The van der Waals surface area contributed by atoms with Crippen LogP contribution in [0.5, 0.6) is 0 Å². The standard InChI is InChI=1S/C14H14ClN3O2/c1-20-13(10-3-2-4-11(15)7-10)9-18-14(19)12-8-16-5-6-17-12/h2-8,13H,9H2,1H3,(H,18,19). The molecule has 2 aromatic rings. The molecular weight excluding hydrogens is 278 g/mol. The van der Waals surface area contributed by atoms with E-state index in [-0.39, 0.29) is 17.7 Å². The third kappa shape index (κ3) is 3.76. The van der Waals surface area contributed by atoms with Gasteiger partial charge in [0.05, 0.1) is 12.3 Å². The van der Waals surface area contributed by atoms with Gasteiger partial charge in [0.25, 0.3) is 5.91 Å². The van der Waals surface area contributed by atoms with Crippen molar-refractivity contribution in [2.24, 2.45) is 0 Å². The van der Waals surface area contributed by atoms with Gasteiger partial charge in [-0.2, -0.15) is 0 Å². The average molecular weight is 292 g/mol. The minimum absolute atomic E-state index is 0.269. The van der Waals surface area contributed by atoms with Gasteiger partial charge in [-0.25, -0.2) is 4.98 Å². The summed E-state index contributed by atoms with van der Waals surface area (Å²) < 4.78 is 5.37. The van der Waals surface area contributed by atoms with Crippen LogP contribution in [0, 0.1) is 0 Å². The second kappa shape index (κ2) is 6.98. The SMILES string of the molecule is COC(CNC(=O)c1cnccn1)c1cccc(Cl)c1. The molecule has 0 saturated heterocycles. The maximum atomic E-state index is 11.9. The van der Waals surface area contributed by atoms with Crippen LogP contribution in [-0.2, 0) is 4.74 Å². The Morgan fingerprint density at radius 1 is 1.45 bits per heavy atom. The fraction of sp³-hybridized carbons (Fsp3) is 0.214. The van der Waals surface area contributed by atoms with Crippen molar-refractivity contribution in [2.75, 3.05) is 13.7 Å². The molecule has 0 bridgehead atoms. The van der Waals surface area contributed by atoms with Gasteiger partial charge in [-0.1, -0.05) is 23.7 Å². The zero-order valence-corrected chi connectivity index (χ0v) is 11.7. The molecule has 2 rings (SSSR count). The van der Waals surface area contributed by atoms with Crippen molar-refractivity contribution in [3.63, 3.8) is 0 Å². The first-order chi connectivity index (χ1) is 9.70. The first-order valence-electron chi connectivity index (χ1n) is 6.03. The molecule has 0 aliphatic heterocycles. The van der Waals surface area contributed by atoms with Gasteiger partial charge in [-0.3, -0.25) is 9.78 Å². The number of nitrogens with one attached hydrogen (secondary N) is 1. The molecule has 0 aliphatic carbocycles. The third-order valence-corrected chi connectivity index (χ3v) is 2.98. The van der Waals surface area contributed by atoms with E-state index in [0.717, 1.165) is 5.56 Å². The lowest BCUT2D eigenvalue weighted by atomic mass is 10.1. The van der Waals surface area contributed by atoms with Crippen molar-refractivity contribution in [3.8, 4) is 0 Å². The van der Waals surface area contributed by atoms with Crippen LogP contribution in [0.15, 0.2) is 42.9 Å². The molecule has 1 N–H and O–H groups in total. The van der Waals surface area contributed by atoms with E-state index in [4.69, 9.17) is 16.3 Å². The Kier molecular flexibility index (Phi) is 5.03. The number of rotatable bonds is 5. The molecule has 1 heterocycles. The number of methoxy groups -OCH3 is 1. The average Bonchev–Trinajstić information content (AvgIpc) is 2.48. The molecule has 104 valence electrons. The fourth-order valence-electron chi connectivity index (χ4n) is 1.74. The minimum atomic E-state index is -0.290. The van der Waals surface area contributed by atoms with Gasteiger partial charge in [-0.15, -0.1) is 0 Å². The van der Waals surface area contributed by atoms with Gasteiger partial charge in [0.1, 0.15) is 5.69 Å². The Morgan fingerprint density at radius 3 is 2.95 bits per heavy atom. The maximum Gasteiger partial charge on any atom is 0.271 e. The first-order valence-corrected chi connectivity index (χ1v) is 6.41. The second-order valence-corrected chi connectivity index (χ2v) is 4.52. The number of hydrogen-bond donors (Lipinski definition) is 1. The normalized spacial score (nSPS) is 11.9. The summed E-state index contributed by atoms with van der Waals surface area (Å²) in [4.78, 5) is 19.7. The molecule has 1 amide bonds. The highest BCUT2D eigenvalue weighted by Gasteiger charge is 2.14. The van der Waals surface area contributed by atoms with E-state index in [9.17, 15) is 4.79 Å². The molecule has 5 nitrogen and oxygen atoms in total. The predicted octanol–water partition coefficient (Wildman–Crippen LogP) is 2.25. The van der Waals surface area contributed by atoms with Crippen molar-refractivity contribution in [2.45, 2.75) is 6.10 Å². The lowest BCUT2D eigenvalue weighted by Gasteiger charge is -2.16. The Bertz CT molecular complexity index is 578. The summed E-state index contributed by atoms with van der Waals surface area (Å²) in [5, 5.41) is 3.39. The monoisotopic (exact) mass is 291 g/mol. The number of carbonyl (C=O) groups is 1. The largest absolute Gasteiger partial charge is 0.375 e. The molecule has 0 saturated carbocycles. The first kappa shape index (κ1) is 14.4. The van der Waals surface area contributed by atoms with Crippen molar-refractivity contribution in [1.29, 1.82) is 0 Å². The zero-order chi connectivity index (χ0) is 14.4. The van der Waals surface area contributed by atoms with Gasteiger partial charge < -0.3 is 10.1 Å². The van der Waals surface area contributed by atoms with Crippen molar-refractivity contribution < 1.29 is 9.53 Å². The summed E-state index contributed by atoms with van der Waals surface area (Å²) in [5.41, 5.74) is 1.17. The van der Waals surface area contributed by atoms with E-state index in [2.05, 4.69) is 15.3 Å². The number of halogens is 1. The maximum absolute atomic E-state index is 11.9. The Labute approximate surface area is 122 Å². The molecule has 1 unspecified atom stereocenters. The summed E-state index contributed by atoms with van der Waals surface area (Å²) in [6.45, 7) is 0.326. The van der Waals surface area contributed by atoms with Gasteiger partial charge in [0, 0.05) is 31.1 Å². The highest BCUT2D eigenvalue weighted by atomic mass is 35.5. The number of amides is 1. The number of benzene rings is 1. The van der Waals surface area contributed by atoms with Crippen LogP contribution < -0.4 is 5.32 Å². The van der Waals surface area contributed by atoms with E-state index in [1.54, 1.807) is 13.2 Å². The van der Waals surface area contributed by atoms with Crippen LogP contribution in [0.25, 0.3) is 0 Å². The predicted molar refractivity (Wildman–Crippen MR) is 75.6 cm³/mol. The Hall–Kier alpha value is -1.98. The van der Waals surface area contributed by atoms with Crippen LogP contribution in [0.4, 0.5) is 0 Å². The molecule has 1 aromatic carbocycles. The van der Waals surface area contributed by atoms with Gasteiger partial charge in [0.15, 0.2) is 0 Å². The number of ether oxygens (including phenoxy) is 1. The molecule has 1 atom stereocenters. The van der Waals surface area contributed by atoms with E-state index >= 15 is 0 Å². The van der Waals surface area contributed by atoms with Crippen LogP contribution in [-0.4, -0.2) is 29.5 Å². The fourth-order valence-corrected chi connectivity index (χ4v) is 1.94. The summed E-state index contributed by atoms with van der Waals surface area (Å²) >= 11 is 5.94. The van der Waals surface area contributed by atoms with E-state index in [1.165, 1.54) is 18.6 Å². The topological polar surface area (TPSA) is 64.1 Å². The minimum Gasteiger partial charge on any atom is -0.375 e. The summed E-state index contributed by atoms with van der Waals surface area (Å²) in [6.07, 6.45) is 4.13. The molecule has 0 aliphatic rings. The third-order valence-electron chi connectivity index (χ3n) is 2.75. The number of carbonyl (C=O) groups excluding carboxylic acids is 1. The van der Waals surface area contributed by atoms with Gasteiger partial charge in [-0.05, 0) is 17.7 Å². The summed E-state index contributed by atoms with van der Waals surface area (Å²) in [6, 6.07) is 7.34. The highest BCUT2D eigenvalue weighted by Crippen LogP contribution is 2.19. The lowest BCUT2D eigenvalue weighted by molar-refractivity contribution is 0.0824.